The van der Waals surface area contributed by atoms with E-state index in [2.05, 4.69) is 21.5 Å². The molecule has 0 spiro atoms. The van der Waals surface area contributed by atoms with E-state index in [1.807, 2.05) is 18.0 Å². The Morgan fingerprint density at radius 3 is 2.88 bits per heavy atom. The predicted molar refractivity (Wildman–Crippen MR) is 77.4 cm³/mol. The van der Waals surface area contributed by atoms with Crippen LogP contribution in [-0.2, 0) is 0 Å². The van der Waals surface area contributed by atoms with Crippen molar-refractivity contribution in [3.63, 3.8) is 0 Å². The molecule has 1 N–H and O–H groups in total. The molecule has 2 atom stereocenters. The molecule has 0 bridgehead atoms. The minimum Gasteiger partial charge on any atom is -0.366 e. The number of nitrogens with one attached hydrogen (secondary N) is 1. The molecule has 1 aliphatic carbocycles. The highest BCUT2D eigenvalue weighted by Gasteiger charge is 2.26. The molecule has 0 amide bonds. The number of rotatable bonds is 4. The van der Waals surface area contributed by atoms with E-state index in [-0.39, 0.29) is 0 Å². The van der Waals surface area contributed by atoms with Crippen molar-refractivity contribution in [2.45, 2.75) is 35.7 Å². The van der Waals surface area contributed by atoms with E-state index in [0.717, 1.165) is 11.0 Å². The molecule has 1 aromatic rings. The highest BCUT2D eigenvalue weighted by molar-refractivity contribution is 7.99. The second-order valence-electron chi connectivity index (χ2n) is 4.02. The molecule has 1 aliphatic rings. The van der Waals surface area contributed by atoms with Gasteiger partial charge in [-0.2, -0.15) is 11.8 Å². The van der Waals surface area contributed by atoms with Crippen LogP contribution in [0.25, 0.3) is 0 Å². The number of hydrogen-bond acceptors (Lipinski definition) is 5. The van der Waals surface area contributed by atoms with Crippen LogP contribution in [0.4, 0.5) is 5.82 Å². The number of anilines is 1. The summed E-state index contributed by atoms with van der Waals surface area (Å²) in [5.41, 5.74) is 0. The van der Waals surface area contributed by atoms with Crippen LogP contribution in [0.3, 0.4) is 0 Å². The van der Waals surface area contributed by atoms with Crippen molar-refractivity contribution >= 4 is 40.9 Å². The Hall–Kier alpha value is -0.130. The monoisotopic (exact) mass is 289 g/mol. The SMILES string of the molecule is CSc1nc(Cl)cc(NC2CCCC2SC)n1. The summed E-state index contributed by atoms with van der Waals surface area (Å²) < 4.78 is 0. The van der Waals surface area contributed by atoms with Crippen LogP contribution in [0.2, 0.25) is 5.15 Å². The lowest BCUT2D eigenvalue weighted by Gasteiger charge is -2.19. The standard InChI is InChI=1S/C11H16ClN3S2/c1-16-8-5-3-4-7(8)13-10-6-9(12)14-11(15-10)17-2/h6-8H,3-5H2,1-2H3,(H,13,14,15). The third-order valence-electron chi connectivity index (χ3n) is 2.95. The smallest absolute Gasteiger partial charge is 0.190 e. The highest BCUT2D eigenvalue weighted by Crippen LogP contribution is 2.31. The molecule has 94 valence electrons. The third kappa shape index (κ3) is 3.42. The van der Waals surface area contributed by atoms with Crippen LogP contribution in [-0.4, -0.2) is 33.8 Å². The van der Waals surface area contributed by atoms with Gasteiger partial charge in [0.2, 0.25) is 0 Å². The normalized spacial score (nSPS) is 23.9. The Kier molecular flexibility index (Phi) is 4.82. The lowest BCUT2D eigenvalue weighted by atomic mass is 10.2. The van der Waals surface area contributed by atoms with Crippen LogP contribution >= 0.6 is 35.1 Å². The number of thioether (sulfide) groups is 2. The van der Waals surface area contributed by atoms with Gasteiger partial charge in [-0.1, -0.05) is 29.8 Å². The van der Waals surface area contributed by atoms with Crippen molar-refractivity contribution in [1.82, 2.24) is 9.97 Å². The van der Waals surface area contributed by atoms with Crippen molar-refractivity contribution in [3.8, 4) is 0 Å². The summed E-state index contributed by atoms with van der Waals surface area (Å²) in [6.07, 6.45) is 7.91. The molecule has 17 heavy (non-hydrogen) atoms. The maximum Gasteiger partial charge on any atom is 0.190 e. The van der Waals surface area contributed by atoms with Gasteiger partial charge in [0, 0.05) is 17.4 Å². The van der Waals surface area contributed by atoms with E-state index in [0.29, 0.717) is 16.4 Å². The van der Waals surface area contributed by atoms with Gasteiger partial charge in [-0.3, -0.25) is 0 Å². The van der Waals surface area contributed by atoms with Gasteiger partial charge in [-0.15, -0.1) is 0 Å². The first-order valence-electron chi connectivity index (χ1n) is 5.61. The van der Waals surface area contributed by atoms with Crippen LogP contribution in [0.1, 0.15) is 19.3 Å². The highest BCUT2D eigenvalue weighted by atomic mass is 35.5. The first kappa shape index (κ1) is 13.3. The van der Waals surface area contributed by atoms with E-state index in [1.165, 1.54) is 31.0 Å². The summed E-state index contributed by atoms with van der Waals surface area (Å²) in [5, 5.41) is 5.40. The van der Waals surface area contributed by atoms with Gasteiger partial charge in [0.25, 0.3) is 0 Å². The average Bonchev–Trinajstić information content (AvgIpc) is 2.75. The number of halogens is 1. The first-order chi connectivity index (χ1) is 8.22. The Balaban J connectivity index is 2.09. The number of aromatic nitrogens is 2. The van der Waals surface area contributed by atoms with Crippen molar-refractivity contribution in [3.05, 3.63) is 11.2 Å². The molecule has 2 unspecified atom stereocenters. The molecule has 3 nitrogen and oxygen atoms in total. The Morgan fingerprint density at radius 1 is 1.35 bits per heavy atom. The van der Waals surface area contributed by atoms with Crippen LogP contribution in [0.5, 0.6) is 0 Å². The number of hydrogen-bond donors (Lipinski definition) is 1. The van der Waals surface area contributed by atoms with Gasteiger partial charge in [0.05, 0.1) is 0 Å². The zero-order chi connectivity index (χ0) is 12.3. The van der Waals surface area contributed by atoms with Gasteiger partial charge >= 0.3 is 0 Å². The zero-order valence-electron chi connectivity index (χ0n) is 9.94. The molecule has 1 heterocycles. The fraction of sp³-hybridized carbons (Fsp3) is 0.636. The molecular formula is C11H16ClN3S2. The summed E-state index contributed by atoms with van der Waals surface area (Å²) >= 11 is 9.41. The van der Waals surface area contributed by atoms with Crippen molar-refractivity contribution < 1.29 is 0 Å². The molecule has 2 rings (SSSR count). The number of nitrogens with zero attached hydrogens (tertiary/aromatic N) is 2. The molecule has 0 saturated heterocycles. The van der Waals surface area contributed by atoms with Crippen LogP contribution in [0, 0.1) is 0 Å². The largest absolute Gasteiger partial charge is 0.366 e. The fourth-order valence-corrected chi connectivity index (χ4v) is 3.67. The minimum absolute atomic E-state index is 0.505. The van der Waals surface area contributed by atoms with Crippen LogP contribution < -0.4 is 5.32 Å². The zero-order valence-corrected chi connectivity index (χ0v) is 12.3. The molecule has 0 radical (unpaired) electrons. The summed E-state index contributed by atoms with van der Waals surface area (Å²) in [6, 6.07) is 2.31. The molecule has 1 fully saturated rings. The van der Waals surface area contributed by atoms with Gasteiger partial charge in [0.15, 0.2) is 5.16 Å². The first-order valence-corrected chi connectivity index (χ1v) is 8.50. The second-order valence-corrected chi connectivity index (χ2v) is 6.26. The average molecular weight is 290 g/mol. The predicted octanol–water partition coefficient (Wildman–Crippen LogP) is 3.55. The molecule has 1 saturated carbocycles. The Bertz CT molecular complexity index is 389. The summed E-state index contributed by atoms with van der Waals surface area (Å²) in [7, 11) is 0. The topological polar surface area (TPSA) is 37.8 Å². The minimum atomic E-state index is 0.505. The summed E-state index contributed by atoms with van der Waals surface area (Å²) in [6.45, 7) is 0. The summed E-state index contributed by atoms with van der Waals surface area (Å²) in [5.74, 6) is 0.848. The quantitative estimate of drug-likeness (QED) is 0.521. The van der Waals surface area contributed by atoms with E-state index >= 15 is 0 Å². The van der Waals surface area contributed by atoms with E-state index < -0.39 is 0 Å². The lowest BCUT2D eigenvalue weighted by molar-refractivity contribution is 0.758. The maximum absolute atomic E-state index is 5.97. The Labute approximate surface area is 116 Å². The maximum atomic E-state index is 5.97. The molecule has 1 aromatic heterocycles. The van der Waals surface area contributed by atoms with E-state index in [9.17, 15) is 0 Å². The molecule has 0 aromatic carbocycles. The van der Waals surface area contributed by atoms with Gasteiger partial charge in [0.1, 0.15) is 11.0 Å². The second kappa shape index (κ2) is 6.16. The Morgan fingerprint density at radius 2 is 2.18 bits per heavy atom. The van der Waals surface area contributed by atoms with Gasteiger partial charge in [-0.25, -0.2) is 9.97 Å². The molecular weight excluding hydrogens is 274 g/mol. The third-order valence-corrected chi connectivity index (χ3v) is 4.86. The summed E-state index contributed by atoms with van der Waals surface area (Å²) in [4.78, 5) is 8.57. The fourth-order valence-electron chi connectivity index (χ4n) is 2.13. The van der Waals surface area contributed by atoms with Crippen molar-refractivity contribution in [2.75, 3.05) is 17.8 Å². The van der Waals surface area contributed by atoms with Gasteiger partial charge < -0.3 is 5.32 Å². The van der Waals surface area contributed by atoms with E-state index in [4.69, 9.17) is 11.6 Å². The van der Waals surface area contributed by atoms with Crippen molar-refractivity contribution in [2.24, 2.45) is 0 Å². The van der Waals surface area contributed by atoms with Gasteiger partial charge in [-0.05, 0) is 25.4 Å². The molecule has 0 aliphatic heterocycles. The van der Waals surface area contributed by atoms with E-state index in [1.54, 1.807) is 6.07 Å². The van der Waals surface area contributed by atoms with Crippen LogP contribution in [0.15, 0.2) is 11.2 Å². The lowest BCUT2D eigenvalue weighted by Crippen LogP contribution is -2.26. The van der Waals surface area contributed by atoms with Crippen molar-refractivity contribution in [1.29, 1.82) is 0 Å². The molecule has 6 heteroatoms.